The number of benzene rings is 1. The Morgan fingerprint density at radius 2 is 1.95 bits per heavy atom. The van der Waals surface area contributed by atoms with E-state index >= 15 is 0 Å². The van der Waals surface area contributed by atoms with Gasteiger partial charge in [-0.1, -0.05) is 19.9 Å². The van der Waals surface area contributed by atoms with Crippen molar-refractivity contribution >= 4 is 11.7 Å². The van der Waals surface area contributed by atoms with Crippen molar-refractivity contribution in [2.45, 2.75) is 40.2 Å². The van der Waals surface area contributed by atoms with Crippen LogP contribution in [0.1, 0.15) is 31.4 Å². The molecule has 0 saturated carbocycles. The SMILES string of the molecule is Cc1ccc(NC(=O)NCCC(O)C(C)C)cc1C. The molecule has 0 aromatic heterocycles. The van der Waals surface area contributed by atoms with Gasteiger partial charge in [-0.05, 0) is 49.4 Å². The number of aliphatic hydroxyl groups is 1. The fourth-order valence-corrected chi connectivity index (χ4v) is 1.66. The average molecular weight is 264 g/mol. The maximum atomic E-state index is 11.7. The van der Waals surface area contributed by atoms with Gasteiger partial charge in [-0.3, -0.25) is 0 Å². The van der Waals surface area contributed by atoms with Gasteiger partial charge in [0.15, 0.2) is 0 Å². The van der Waals surface area contributed by atoms with Crippen molar-refractivity contribution in [3.05, 3.63) is 29.3 Å². The lowest BCUT2D eigenvalue weighted by Crippen LogP contribution is -2.32. The molecule has 0 aliphatic heterocycles. The molecule has 19 heavy (non-hydrogen) atoms. The number of carbonyl (C=O) groups is 1. The Morgan fingerprint density at radius 3 is 2.53 bits per heavy atom. The smallest absolute Gasteiger partial charge is 0.319 e. The van der Waals surface area contributed by atoms with Gasteiger partial charge in [0.05, 0.1) is 6.10 Å². The number of hydrogen-bond donors (Lipinski definition) is 3. The molecule has 0 bridgehead atoms. The molecule has 1 rings (SSSR count). The molecular formula is C15H24N2O2. The Morgan fingerprint density at radius 1 is 1.26 bits per heavy atom. The highest BCUT2D eigenvalue weighted by atomic mass is 16.3. The minimum absolute atomic E-state index is 0.213. The summed E-state index contributed by atoms with van der Waals surface area (Å²) >= 11 is 0. The van der Waals surface area contributed by atoms with Gasteiger partial charge in [0.1, 0.15) is 0 Å². The zero-order valence-electron chi connectivity index (χ0n) is 12.2. The normalized spacial score (nSPS) is 12.3. The fourth-order valence-electron chi connectivity index (χ4n) is 1.66. The second-order valence-corrected chi connectivity index (χ2v) is 5.28. The lowest BCUT2D eigenvalue weighted by Gasteiger charge is -2.15. The van der Waals surface area contributed by atoms with E-state index in [2.05, 4.69) is 10.6 Å². The molecule has 1 aromatic rings. The summed E-state index contributed by atoms with van der Waals surface area (Å²) in [4.78, 5) is 11.7. The van der Waals surface area contributed by atoms with Gasteiger partial charge >= 0.3 is 6.03 Å². The number of urea groups is 1. The van der Waals surface area contributed by atoms with Gasteiger partial charge < -0.3 is 15.7 Å². The van der Waals surface area contributed by atoms with Gasteiger partial charge in [-0.2, -0.15) is 0 Å². The molecule has 0 heterocycles. The first-order chi connectivity index (χ1) is 8.90. The van der Waals surface area contributed by atoms with E-state index in [-0.39, 0.29) is 18.1 Å². The summed E-state index contributed by atoms with van der Waals surface area (Å²) in [5.41, 5.74) is 3.13. The minimum Gasteiger partial charge on any atom is -0.393 e. The molecule has 2 amide bonds. The van der Waals surface area contributed by atoms with Crippen LogP contribution in [-0.2, 0) is 0 Å². The molecule has 0 fully saturated rings. The molecular weight excluding hydrogens is 240 g/mol. The van der Waals surface area contributed by atoms with Crippen molar-refractivity contribution < 1.29 is 9.90 Å². The number of anilines is 1. The van der Waals surface area contributed by atoms with Crippen LogP contribution < -0.4 is 10.6 Å². The second kappa shape index (κ2) is 7.14. The standard InChI is InChI=1S/C15H24N2O2/c1-10(2)14(18)7-8-16-15(19)17-13-6-5-11(3)12(4)9-13/h5-6,9-10,14,18H,7-8H2,1-4H3,(H2,16,17,19). The maximum absolute atomic E-state index is 11.7. The number of aliphatic hydroxyl groups excluding tert-OH is 1. The van der Waals surface area contributed by atoms with Gasteiger partial charge in [-0.15, -0.1) is 0 Å². The first-order valence-corrected chi connectivity index (χ1v) is 6.70. The Kier molecular flexibility index (Phi) is 5.83. The van der Waals surface area contributed by atoms with Crippen LogP contribution in [-0.4, -0.2) is 23.8 Å². The summed E-state index contributed by atoms with van der Waals surface area (Å²) in [7, 11) is 0. The molecule has 4 nitrogen and oxygen atoms in total. The summed E-state index contributed by atoms with van der Waals surface area (Å²) in [5.74, 6) is 0.213. The highest BCUT2D eigenvalue weighted by molar-refractivity contribution is 5.89. The van der Waals surface area contributed by atoms with Gasteiger partial charge in [-0.25, -0.2) is 4.79 Å². The second-order valence-electron chi connectivity index (χ2n) is 5.28. The summed E-state index contributed by atoms with van der Waals surface area (Å²) in [5, 5.41) is 15.1. The van der Waals surface area contributed by atoms with Crippen LogP contribution in [0.15, 0.2) is 18.2 Å². The number of hydrogen-bond acceptors (Lipinski definition) is 2. The first kappa shape index (κ1) is 15.5. The molecule has 1 aromatic carbocycles. The summed E-state index contributed by atoms with van der Waals surface area (Å²) < 4.78 is 0. The van der Waals surface area contributed by atoms with Crippen molar-refractivity contribution in [2.75, 3.05) is 11.9 Å². The number of aryl methyl sites for hydroxylation is 2. The molecule has 1 atom stereocenters. The van der Waals surface area contributed by atoms with Gasteiger partial charge in [0, 0.05) is 12.2 Å². The van der Waals surface area contributed by atoms with Crippen molar-refractivity contribution in [3.63, 3.8) is 0 Å². The van der Waals surface area contributed by atoms with Gasteiger partial charge in [0.2, 0.25) is 0 Å². The quantitative estimate of drug-likeness (QED) is 0.766. The number of amides is 2. The first-order valence-electron chi connectivity index (χ1n) is 6.70. The molecule has 3 N–H and O–H groups in total. The van der Waals surface area contributed by atoms with Crippen molar-refractivity contribution in [1.82, 2.24) is 5.32 Å². The van der Waals surface area contributed by atoms with E-state index in [0.29, 0.717) is 13.0 Å². The average Bonchev–Trinajstić information content (AvgIpc) is 2.33. The Balaban J connectivity index is 2.37. The predicted molar refractivity (Wildman–Crippen MR) is 78.4 cm³/mol. The fraction of sp³-hybridized carbons (Fsp3) is 0.533. The van der Waals surface area contributed by atoms with Crippen molar-refractivity contribution in [2.24, 2.45) is 5.92 Å². The van der Waals surface area contributed by atoms with Crippen LogP contribution in [0, 0.1) is 19.8 Å². The van der Waals surface area contributed by atoms with Crippen LogP contribution in [0.5, 0.6) is 0 Å². The van der Waals surface area contributed by atoms with Crippen molar-refractivity contribution in [3.8, 4) is 0 Å². The number of carbonyl (C=O) groups excluding carboxylic acids is 1. The molecule has 4 heteroatoms. The highest BCUT2D eigenvalue weighted by Crippen LogP contribution is 2.13. The number of nitrogens with one attached hydrogen (secondary N) is 2. The summed E-state index contributed by atoms with van der Waals surface area (Å²) in [6.07, 6.45) is 0.194. The van der Waals surface area contributed by atoms with E-state index in [9.17, 15) is 9.90 Å². The third-order valence-corrected chi connectivity index (χ3v) is 3.26. The highest BCUT2D eigenvalue weighted by Gasteiger charge is 2.09. The molecule has 106 valence electrons. The topological polar surface area (TPSA) is 61.4 Å². The van der Waals surface area contributed by atoms with E-state index in [1.807, 2.05) is 45.9 Å². The Labute approximate surface area is 115 Å². The summed E-state index contributed by atoms with van der Waals surface area (Å²) in [6, 6.07) is 5.56. The molecule has 0 spiro atoms. The third-order valence-electron chi connectivity index (χ3n) is 3.26. The van der Waals surface area contributed by atoms with Crippen LogP contribution >= 0.6 is 0 Å². The lowest BCUT2D eigenvalue weighted by atomic mass is 10.0. The van der Waals surface area contributed by atoms with E-state index < -0.39 is 0 Å². The van der Waals surface area contributed by atoms with Crippen LogP contribution in [0.4, 0.5) is 10.5 Å². The lowest BCUT2D eigenvalue weighted by molar-refractivity contribution is 0.117. The van der Waals surface area contributed by atoms with Crippen LogP contribution in [0.3, 0.4) is 0 Å². The van der Waals surface area contributed by atoms with Crippen LogP contribution in [0.25, 0.3) is 0 Å². The summed E-state index contributed by atoms with van der Waals surface area (Å²) in [6.45, 7) is 8.43. The minimum atomic E-state index is -0.373. The monoisotopic (exact) mass is 264 g/mol. The van der Waals surface area contributed by atoms with E-state index in [0.717, 1.165) is 11.3 Å². The molecule has 0 aliphatic rings. The van der Waals surface area contributed by atoms with Crippen molar-refractivity contribution in [1.29, 1.82) is 0 Å². The zero-order valence-corrected chi connectivity index (χ0v) is 12.2. The Bertz CT molecular complexity index is 430. The largest absolute Gasteiger partial charge is 0.393 e. The van der Waals surface area contributed by atoms with E-state index in [4.69, 9.17) is 0 Å². The molecule has 0 aliphatic carbocycles. The third kappa shape index (κ3) is 5.30. The molecule has 0 radical (unpaired) electrons. The van der Waals surface area contributed by atoms with E-state index in [1.165, 1.54) is 5.56 Å². The van der Waals surface area contributed by atoms with Gasteiger partial charge in [0.25, 0.3) is 0 Å². The zero-order chi connectivity index (χ0) is 14.4. The number of rotatable bonds is 5. The predicted octanol–water partition coefficient (Wildman–Crippen LogP) is 2.83. The maximum Gasteiger partial charge on any atom is 0.319 e. The van der Waals surface area contributed by atoms with E-state index in [1.54, 1.807) is 0 Å². The van der Waals surface area contributed by atoms with Crippen LogP contribution in [0.2, 0.25) is 0 Å². The molecule has 0 saturated heterocycles. The molecule has 1 unspecified atom stereocenters. The Hall–Kier alpha value is -1.55.